The van der Waals surface area contributed by atoms with Crippen molar-refractivity contribution >= 4 is 15.5 Å². The topological polar surface area (TPSA) is 64.3 Å². The van der Waals surface area contributed by atoms with Gasteiger partial charge >= 0.3 is 0 Å². The molecule has 0 fully saturated rings. The second-order valence-electron chi connectivity index (χ2n) is 3.87. The van der Waals surface area contributed by atoms with Crippen molar-refractivity contribution in [3.8, 4) is 0 Å². The van der Waals surface area contributed by atoms with Gasteiger partial charge in [-0.25, -0.2) is 22.3 Å². The predicted octanol–water partition coefficient (Wildman–Crippen LogP) is 1.70. The Morgan fingerprint density at radius 3 is 2.74 bits per heavy atom. The summed E-state index contributed by atoms with van der Waals surface area (Å²) < 4.78 is 39.0. The van der Waals surface area contributed by atoms with E-state index in [1.165, 1.54) is 35.0 Å². The van der Waals surface area contributed by atoms with Crippen molar-refractivity contribution < 1.29 is 12.8 Å². The molecule has 1 aromatic carbocycles. The standard InChI is InChI=1S/C12H8FN3O2S/c13-9-3-1-4-10(7-9)19(17,18)12-8-11-14-5-2-6-16(11)15-12/h1-8H. The molecule has 0 N–H and O–H groups in total. The molecule has 3 aromatic rings. The zero-order valence-electron chi connectivity index (χ0n) is 9.56. The van der Waals surface area contributed by atoms with Gasteiger partial charge < -0.3 is 0 Å². The summed E-state index contributed by atoms with van der Waals surface area (Å²) >= 11 is 0. The van der Waals surface area contributed by atoms with Crippen LogP contribution in [0, 0.1) is 5.82 Å². The number of aromatic nitrogens is 3. The van der Waals surface area contributed by atoms with Crippen LogP contribution in [0.2, 0.25) is 0 Å². The number of nitrogens with zero attached hydrogens (tertiary/aromatic N) is 3. The Balaban J connectivity index is 2.19. The highest BCUT2D eigenvalue weighted by Crippen LogP contribution is 2.20. The lowest BCUT2D eigenvalue weighted by Gasteiger charge is -2.00. The quantitative estimate of drug-likeness (QED) is 0.715. The molecule has 0 unspecified atom stereocenters. The Morgan fingerprint density at radius 1 is 1.16 bits per heavy atom. The zero-order valence-corrected chi connectivity index (χ0v) is 10.4. The van der Waals surface area contributed by atoms with E-state index in [0.29, 0.717) is 5.65 Å². The van der Waals surface area contributed by atoms with Crippen LogP contribution in [0.3, 0.4) is 0 Å². The van der Waals surface area contributed by atoms with E-state index in [4.69, 9.17) is 0 Å². The Bertz CT molecular complexity index is 825. The van der Waals surface area contributed by atoms with Crippen molar-refractivity contribution in [3.63, 3.8) is 0 Å². The third-order valence-electron chi connectivity index (χ3n) is 2.60. The van der Waals surface area contributed by atoms with Crippen LogP contribution < -0.4 is 0 Å². The molecular weight excluding hydrogens is 269 g/mol. The van der Waals surface area contributed by atoms with Crippen LogP contribution in [0.1, 0.15) is 0 Å². The van der Waals surface area contributed by atoms with Gasteiger partial charge in [-0.2, -0.15) is 5.10 Å². The molecule has 3 rings (SSSR count). The number of benzene rings is 1. The van der Waals surface area contributed by atoms with Gasteiger partial charge in [0.05, 0.1) is 4.90 Å². The first kappa shape index (κ1) is 11.8. The van der Waals surface area contributed by atoms with E-state index in [2.05, 4.69) is 10.1 Å². The Morgan fingerprint density at radius 2 is 2.00 bits per heavy atom. The molecular formula is C12H8FN3O2S. The van der Waals surface area contributed by atoms with Gasteiger partial charge in [0.2, 0.25) is 9.84 Å². The number of hydrogen-bond acceptors (Lipinski definition) is 4. The summed E-state index contributed by atoms with van der Waals surface area (Å²) in [6.07, 6.45) is 3.13. The molecule has 19 heavy (non-hydrogen) atoms. The van der Waals surface area contributed by atoms with Gasteiger partial charge in [0.15, 0.2) is 10.7 Å². The minimum atomic E-state index is -3.84. The van der Waals surface area contributed by atoms with E-state index in [-0.39, 0.29) is 9.92 Å². The Hall–Kier alpha value is -2.28. The van der Waals surface area contributed by atoms with Gasteiger partial charge in [-0.05, 0) is 24.3 Å². The van der Waals surface area contributed by atoms with Crippen molar-refractivity contribution in [1.29, 1.82) is 0 Å². The maximum atomic E-state index is 13.1. The van der Waals surface area contributed by atoms with Crippen LogP contribution in [0.25, 0.3) is 5.65 Å². The molecule has 0 radical (unpaired) electrons. The lowest BCUT2D eigenvalue weighted by atomic mass is 10.4. The van der Waals surface area contributed by atoms with E-state index in [0.717, 1.165) is 6.07 Å². The Kier molecular flexibility index (Phi) is 2.56. The average Bonchev–Trinajstić information content (AvgIpc) is 2.83. The summed E-state index contributed by atoms with van der Waals surface area (Å²) in [5, 5.41) is 3.78. The normalized spacial score (nSPS) is 11.8. The second kappa shape index (κ2) is 4.13. The minimum Gasteiger partial charge on any atom is -0.237 e. The van der Waals surface area contributed by atoms with Crippen LogP contribution in [-0.4, -0.2) is 23.0 Å². The summed E-state index contributed by atoms with van der Waals surface area (Å²) in [6, 6.07) is 7.81. The first-order valence-corrected chi connectivity index (χ1v) is 6.87. The Labute approximate surface area is 108 Å². The van der Waals surface area contributed by atoms with E-state index in [1.807, 2.05) is 0 Å². The number of rotatable bonds is 2. The zero-order chi connectivity index (χ0) is 13.5. The molecule has 7 heteroatoms. The lowest BCUT2D eigenvalue weighted by molar-refractivity contribution is 0.586. The smallest absolute Gasteiger partial charge is 0.225 e. The van der Waals surface area contributed by atoms with Crippen LogP contribution >= 0.6 is 0 Å². The highest BCUT2D eigenvalue weighted by molar-refractivity contribution is 7.91. The van der Waals surface area contributed by atoms with Gasteiger partial charge in [0, 0.05) is 18.5 Å². The third kappa shape index (κ3) is 1.97. The van der Waals surface area contributed by atoms with Crippen LogP contribution in [0.5, 0.6) is 0 Å². The fourth-order valence-corrected chi connectivity index (χ4v) is 2.92. The van der Waals surface area contributed by atoms with Crippen molar-refractivity contribution in [3.05, 3.63) is 54.6 Å². The van der Waals surface area contributed by atoms with Gasteiger partial charge in [-0.3, -0.25) is 0 Å². The molecule has 96 valence electrons. The first-order valence-electron chi connectivity index (χ1n) is 5.38. The fraction of sp³-hybridized carbons (Fsp3) is 0. The highest BCUT2D eigenvalue weighted by Gasteiger charge is 2.22. The summed E-state index contributed by atoms with van der Waals surface area (Å²) in [7, 11) is -3.84. The van der Waals surface area contributed by atoms with E-state index in [1.54, 1.807) is 12.3 Å². The summed E-state index contributed by atoms with van der Waals surface area (Å²) in [6.45, 7) is 0. The molecule has 2 heterocycles. The van der Waals surface area contributed by atoms with Crippen LogP contribution in [-0.2, 0) is 9.84 Å². The summed E-state index contributed by atoms with van der Waals surface area (Å²) in [5.74, 6) is -0.608. The van der Waals surface area contributed by atoms with Gasteiger partial charge in [-0.15, -0.1) is 0 Å². The molecule has 0 aliphatic carbocycles. The summed E-state index contributed by atoms with van der Waals surface area (Å²) in [5.41, 5.74) is 0.414. The van der Waals surface area contributed by atoms with Crippen LogP contribution in [0.15, 0.2) is 58.7 Å². The lowest BCUT2D eigenvalue weighted by Crippen LogP contribution is -2.03. The van der Waals surface area contributed by atoms with Gasteiger partial charge in [0.1, 0.15) is 5.82 Å². The SMILES string of the molecule is O=S(=O)(c1cccc(F)c1)c1cc2ncccn2n1. The summed E-state index contributed by atoms with van der Waals surface area (Å²) in [4.78, 5) is 3.86. The monoisotopic (exact) mass is 277 g/mol. The van der Waals surface area contributed by atoms with Gasteiger partial charge in [0.25, 0.3) is 0 Å². The third-order valence-corrected chi connectivity index (χ3v) is 4.22. The second-order valence-corrected chi connectivity index (χ2v) is 5.76. The maximum absolute atomic E-state index is 13.1. The van der Waals surface area contributed by atoms with E-state index in [9.17, 15) is 12.8 Å². The van der Waals surface area contributed by atoms with E-state index >= 15 is 0 Å². The first-order chi connectivity index (χ1) is 9.07. The highest BCUT2D eigenvalue weighted by atomic mass is 32.2. The molecule has 0 amide bonds. The van der Waals surface area contributed by atoms with E-state index < -0.39 is 15.7 Å². The molecule has 0 bridgehead atoms. The molecule has 5 nitrogen and oxygen atoms in total. The molecule has 0 saturated heterocycles. The average molecular weight is 277 g/mol. The van der Waals surface area contributed by atoms with Crippen molar-refractivity contribution in [2.45, 2.75) is 9.92 Å². The number of hydrogen-bond donors (Lipinski definition) is 0. The number of fused-ring (bicyclic) bond motifs is 1. The fourth-order valence-electron chi connectivity index (χ4n) is 1.69. The van der Waals surface area contributed by atoms with Crippen molar-refractivity contribution in [2.24, 2.45) is 0 Å². The minimum absolute atomic E-state index is 0.129. The molecule has 2 aromatic heterocycles. The molecule has 0 saturated carbocycles. The van der Waals surface area contributed by atoms with Gasteiger partial charge in [-0.1, -0.05) is 6.07 Å². The number of sulfone groups is 1. The molecule has 0 spiro atoms. The molecule has 0 aliphatic heterocycles. The largest absolute Gasteiger partial charge is 0.237 e. The predicted molar refractivity (Wildman–Crippen MR) is 64.8 cm³/mol. The molecule has 0 atom stereocenters. The van der Waals surface area contributed by atoms with Crippen molar-refractivity contribution in [2.75, 3.05) is 0 Å². The van der Waals surface area contributed by atoms with Crippen molar-refractivity contribution in [1.82, 2.24) is 14.6 Å². The molecule has 0 aliphatic rings. The van der Waals surface area contributed by atoms with Crippen LogP contribution in [0.4, 0.5) is 4.39 Å². The number of halogens is 1. The maximum Gasteiger partial charge on any atom is 0.225 e.